The lowest BCUT2D eigenvalue weighted by Gasteiger charge is -2.33. The fourth-order valence-electron chi connectivity index (χ4n) is 4.34. The average molecular weight is 412 g/mol. The van der Waals surface area contributed by atoms with E-state index >= 15 is 0 Å². The fraction of sp³-hybridized carbons (Fsp3) is 0.583. The van der Waals surface area contributed by atoms with Gasteiger partial charge in [0.1, 0.15) is 0 Å². The summed E-state index contributed by atoms with van der Waals surface area (Å²) in [6.07, 6.45) is 2.97. The monoisotopic (exact) mass is 411 g/mol. The van der Waals surface area contributed by atoms with Crippen LogP contribution in [-0.4, -0.2) is 83.8 Å². The molecule has 1 unspecified atom stereocenters. The third-order valence-corrected chi connectivity index (χ3v) is 6.39. The summed E-state index contributed by atoms with van der Waals surface area (Å²) in [6, 6.07) is 10.8. The number of carbonyl (C=O) groups excluding carboxylic acids is 1. The summed E-state index contributed by atoms with van der Waals surface area (Å²) in [5.74, 6) is 0.00417. The number of carbonyl (C=O) groups is 1. The zero-order valence-corrected chi connectivity index (χ0v) is 19.3. The molecular weight excluding hydrogens is 374 g/mol. The van der Waals surface area contributed by atoms with Gasteiger partial charge in [-0.3, -0.25) is 9.48 Å². The van der Waals surface area contributed by atoms with E-state index < -0.39 is 0 Å². The van der Waals surface area contributed by atoms with E-state index in [1.165, 1.54) is 11.3 Å². The SMILES string of the molecule is CCN(CC)CCN(C)C1CCc2c(c(C(=O)N(C)C)nn2Cc2ccccc2)C1. The standard InChI is InChI=1S/C24H37N5O/c1-6-28(7-2)16-15-27(5)20-13-14-22-21(17-20)23(24(30)26(3)4)25-29(22)18-19-11-9-8-10-12-19/h8-12,20H,6-7,13-18H2,1-5H3. The Labute approximate surface area is 181 Å². The number of hydrogen-bond acceptors (Lipinski definition) is 4. The largest absolute Gasteiger partial charge is 0.343 e. The number of aromatic nitrogens is 2. The molecule has 1 amide bonds. The van der Waals surface area contributed by atoms with Crippen molar-refractivity contribution >= 4 is 5.91 Å². The number of fused-ring (bicyclic) bond motifs is 1. The van der Waals surface area contributed by atoms with Crippen LogP contribution < -0.4 is 0 Å². The van der Waals surface area contributed by atoms with E-state index in [9.17, 15) is 4.79 Å². The number of likely N-dealkylation sites (N-methyl/N-ethyl adjacent to an activating group) is 2. The number of amides is 1. The molecule has 2 aromatic rings. The topological polar surface area (TPSA) is 44.6 Å². The maximum atomic E-state index is 12.9. The maximum absolute atomic E-state index is 12.9. The normalized spacial score (nSPS) is 16.2. The van der Waals surface area contributed by atoms with E-state index in [0.717, 1.165) is 51.0 Å². The Balaban J connectivity index is 1.81. The van der Waals surface area contributed by atoms with Crippen LogP contribution in [0.5, 0.6) is 0 Å². The molecule has 164 valence electrons. The maximum Gasteiger partial charge on any atom is 0.274 e. The molecule has 0 N–H and O–H groups in total. The summed E-state index contributed by atoms with van der Waals surface area (Å²) in [7, 11) is 5.84. The minimum absolute atomic E-state index is 0.00417. The van der Waals surface area contributed by atoms with Crippen molar-refractivity contribution in [3.63, 3.8) is 0 Å². The smallest absolute Gasteiger partial charge is 0.274 e. The molecule has 1 heterocycles. The molecule has 30 heavy (non-hydrogen) atoms. The van der Waals surface area contributed by atoms with Gasteiger partial charge < -0.3 is 14.7 Å². The minimum Gasteiger partial charge on any atom is -0.343 e. The summed E-state index contributed by atoms with van der Waals surface area (Å²) in [5.41, 5.74) is 4.23. The van der Waals surface area contributed by atoms with Gasteiger partial charge in [0.05, 0.1) is 6.54 Å². The van der Waals surface area contributed by atoms with Crippen molar-refractivity contribution in [1.29, 1.82) is 0 Å². The predicted octanol–water partition coefficient (Wildman–Crippen LogP) is 2.76. The van der Waals surface area contributed by atoms with Crippen LogP contribution in [0.4, 0.5) is 0 Å². The number of rotatable bonds is 9. The van der Waals surface area contributed by atoms with Gasteiger partial charge in [0.25, 0.3) is 5.91 Å². The zero-order chi connectivity index (χ0) is 21.7. The van der Waals surface area contributed by atoms with E-state index in [-0.39, 0.29) is 5.91 Å². The van der Waals surface area contributed by atoms with E-state index in [2.05, 4.69) is 59.6 Å². The number of hydrogen-bond donors (Lipinski definition) is 0. The molecule has 1 aliphatic carbocycles. The molecule has 6 heteroatoms. The van der Waals surface area contributed by atoms with E-state index in [4.69, 9.17) is 5.10 Å². The van der Waals surface area contributed by atoms with E-state index in [0.29, 0.717) is 18.3 Å². The highest BCUT2D eigenvalue weighted by molar-refractivity contribution is 5.93. The Morgan fingerprint density at radius 3 is 2.43 bits per heavy atom. The first kappa shape index (κ1) is 22.5. The first-order valence-corrected chi connectivity index (χ1v) is 11.2. The van der Waals surface area contributed by atoms with Gasteiger partial charge in [-0.15, -0.1) is 0 Å². The van der Waals surface area contributed by atoms with Crippen LogP contribution in [0, 0.1) is 0 Å². The minimum atomic E-state index is 0.00417. The summed E-state index contributed by atoms with van der Waals surface area (Å²) >= 11 is 0. The van der Waals surface area contributed by atoms with E-state index in [1.54, 1.807) is 4.90 Å². The molecule has 3 rings (SSSR count). The fourth-order valence-corrected chi connectivity index (χ4v) is 4.34. The van der Waals surface area contributed by atoms with Gasteiger partial charge in [-0.2, -0.15) is 5.10 Å². The highest BCUT2D eigenvalue weighted by atomic mass is 16.2. The van der Waals surface area contributed by atoms with Crippen molar-refractivity contribution in [3.8, 4) is 0 Å². The van der Waals surface area contributed by atoms with Crippen LogP contribution >= 0.6 is 0 Å². The van der Waals surface area contributed by atoms with Crippen molar-refractivity contribution < 1.29 is 4.79 Å². The Morgan fingerprint density at radius 2 is 1.80 bits per heavy atom. The lowest BCUT2D eigenvalue weighted by Crippen LogP contribution is -2.41. The van der Waals surface area contributed by atoms with Crippen molar-refractivity contribution in [3.05, 3.63) is 52.8 Å². The molecule has 0 radical (unpaired) electrons. The molecule has 6 nitrogen and oxygen atoms in total. The number of nitrogens with zero attached hydrogens (tertiary/aromatic N) is 5. The van der Waals surface area contributed by atoms with Crippen LogP contribution in [0.25, 0.3) is 0 Å². The second kappa shape index (κ2) is 10.2. The van der Waals surface area contributed by atoms with Crippen molar-refractivity contribution in [2.45, 2.75) is 45.7 Å². The molecule has 0 saturated carbocycles. The van der Waals surface area contributed by atoms with Gasteiger partial charge in [0, 0.05) is 44.5 Å². The van der Waals surface area contributed by atoms with Crippen LogP contribution in [0.3, 0.4) is 0 Å². The Kier molecular flexibility index (Phi) is 7.67. The molecule has 0 aliphatic heterocycles. The molecule has 0 saturated heterocycles. The summed E-state index contributed by atoms with van der Waals surface area (Å²) in [4.78, 5) is 19.5. The summed E-state index contributed by atoms with van der Waals surface area (Å²) < 4.78 is 2.06. The molecule has 1 aromatic carbocycles. The van der Waals surface area contributed by atoms with Crippen molar-refractivity contribution in [2.24, 2.45) is 0 Å². The van der Waals surface area contributed by atoms with Crippen LogP contribution in [-0.2, 0) is 19.4 Å². The van der Waals surface area contributed by atoms with Gasteiger partial charge in [-0.05, 0) is 45.0 Å². The Bertz CT molecular complexity index is 826. The lowest BCUT2D eigenvalue weighted by atomic mass is 9.90. The molecule has 0 fully saturated rings. The van der Waals surface area contributed by atoms with Gasteiger partial charge in [0.15, 0.2) is 5.69 Å². The second-order valence-electron chi connectivity index (χ2n) is 8.52. The van der Waals surface area contributed by atoms with Crippen molar-refractivity contribution in [1.82, 2.24) is 24.5 Å². The molecule has 1 aromatic heterocycles. The lowest BCUT2D eigenvalue weighted by molar-refractivity contribution is 0.0819. The van der Waals surface area contributed by atoms with Crippen molar-refractivity contribution in [2.75, 3.05) is 47.3 Å². The van der Waals surface area contributed by atoms with Gasteiger partial charge in [-0.25, -0.2) is 0 Å². The highest BCUT2D eigenvalue weighted by Gasteiger charge is 2.31. The Morgan fingerprint density at radius 1 is 1.10 bits per heavy atom. The number of benzene rings is 1. The van der Waals surface area contributed by atoms with Gasteiger partial charge in [-0.1, -0.05) is 44.2 Å². The van der Waals surface area contributed by atoms with Crippen LogP contribution in [0.15, 0.2) is 30.3 Å². The van der Waals surface area contributed by atoms with Gasteiger partial charge >= 0.3 is 0 Å². The molecule has 0 bridgehead atoms. The predicted molar refractivity (Wildman–Crippen MR) is 122 cm³/mol. The summed E-state index contributed by atoms with van der Waals surface area (Å²) in [5, 5.41) is 4.80. The Hall–Kier alpha value is -2.18. The third kappa shape index (κ3) is 5.10. The van der Waals surface area contributed by atoms with E-state index in [1.807, 2.05) is 20.2 Å². The third-order valence-electron chi connectivity index (χ3n) is 6.39. The first-order chi connectivity index (χ1) is 14.4. The first-order valence-electron chi connectivity index (χ1n) is 11.2. The average Bonchev–Trinajstić information content (AvgIpc) is 3.11. The van der Waals surface area contributed by atoms with Gasteiger partial charge in [0.2, 0.25) is 0 Å². The molecule has 1 aliphatic rings. The molecule has 1 atom stereocenters. The van der Waals surface area contributed by atoms with Crippen LogP contribution in [0.1, 0.15) is 47.6 Å². The zero-order valence-electron chi connectivity index (χ0n) is 19.3. The molecular formula is C24H37N5O. The van der Waals surface area contributed by atoms with Crippen LogP contribution in [0.2, 0.25) is 0 Å². The summed E-state index contributed by atoms with van der Waals surface area (Å²) in [6.45, 7) is 9.47. The highest BCUT2D eigenvalue weighted by Crippen LogP contribution is 2.28. The second-order valence-corrected chi connectivity index (χ2v) is 8.52. The quantitative estimate of drug-likeness (QED) is 0.637. The molecule has 0 spiro atoms.